The Morgan fingerprint density at radius 1 is 1.50 bits per heavy atom. The van der Waals surface area contributed by atoms with E-state index < -0.39 is 11.9 Å². The number of fused-ring (bicyclic) bond motifs is 1. The molecule has 0 amide bonds. The van der Waals surface area contributed by atoms with Gasteiger partial charge in [0.2, 0.25) is 0 Å². The molecule has 0 bridgehead atoms. The van der Waals surface area contributed by atoms with Crippen molar-refractivity contribution in [1.82, 2.24) is 0 Å². The fraction of sp³-hybridized carbons (Fsp3) is 0.533. The van der Waals surface area contributed by atoms with Gasteiger partial charge < -0.3 is 10.0 Å². The first-order valence-electron chi connectivity index (χ1n) is 6.76. The average Bonchev–Trinajstić information content (AvgIpc) is 3.08. The van der Waals surface area contributed by atoms with Gasteiger partial charge in [-0.1, -0.05) is 12.1 Å². The molecule has 1 atom stereocenters. The highest BCUT2D eigenvalue weighted by molar-refractivity contribution is 5.78. The number of anilines is 1. The summed E-state index contributed by atoms with van der Waals surface area (Å²) in [7, 11) is 0. The first-order chi connectivity index (χ1) is 8.66. The summed E-state index contributed by atoms with van der Waals surface area (Å²) in [5, 5.41) is 9.17. The van der Waals surface area contributed by atoms with Crippen molar-refractivity contribution in [3.8, 4) is 0 Å². The van der Waals surface area contributed by atoms with Crippen LogP contribution in [0.5, 0.6) is 0 Å². The van der Waals surface area contributed by atoms with Crippen LogP contribution in [0.1, 0.15) is 36.8 Å². The third-order valence-corrected chi connectivity index (χ3v) is 4.17. The fourth-order valence-corrected chi connectivity index (χ4v) is 2.87. The zero-order valence-corrected chi connectivity index (χ0v) is 10.7. The second-order valence-electron chi connectivity index (χ2n) is 5.54. The van der Waals surface area contributed by atoms with Crippen molar-refractivity contribution in [1.29, 1.82) is 0 Å². The molecular formula is C15H19NO2. The van der Waals surface area contributed by atoms with Crippen LogP contribution in [0.25, 0.3) is 0 Å². The molecule has 0 radical (unpaired) electrons. The lowest BCUT2D eigenvalue weighted by Crippen LogP contribution is -2.22. The molecule has 1 aliphatic heterocycles. The molecule has 96 valence electrons. The van der Waals surface area contributed by atoms with Gasteiger partial charge in [0.05, 0.1) is 5.92 Å². The lowest BCUT2D eigenvalue weighted by molar-refractivity contribution is -0.138. The van der Waals surface area contributed by atoms with Gasteiger partial charge in [0.25, 0.3) is 0 Å². The monoisotopic (exact) mass is 245 g/mol. The Bertz CT molecular complexity index is 479. The molecule has 1 heterocycles. The van der Waals surface area contributed by atoms with Gasteiger partial charge in [-0.3, -0.25) is 4.79 Å². The van der Waals surface area contributed by atoms with Crippen molar-refractivity contribution in [2.75, 3.05) is 18.0 Å². The number of aliphatic carboxylic acids is 1. The summed E-state index contributed by atoms with van der Waals surface area (Å²) in [4.78, 5) is 13.6. The summed E-state index contributed by atoms with van der Waals surface area (Å²) in [6, 6.07) is 6.11. The van der Waals surface area contributed by atoms with Crippen LogP contribution >= 0.6 is 0 Å². The van der Waals surface area contributed by atoms with Crippen molar-refractivity contribution in [3.63, 3.8) is 0 Å². The van der Waals surface area contributed by atoms with Crippen molar-refractivity contribution in [2.45, 2.75) is 32.1 Å². The molecule has 0 saturated heterocycles. The van der Waals surface area contributed by atoms with E-state index in [1.54, 1.807) is 6.92 Å². The van der Waals surface area contributed by atoms with Gasteiger partial charge in [-0.15, -0.1) is 0 Å². The maximum absolute atomic E-state index is 11.2. The Balaban J connectivity index is 1.90. The van der Waals surface area contributed by atoms with Crippen LogP contribution in [0.15, 0.2) is 18.2 Å². The SMILES string of the molecule is CC(C(=O)O)c1cccc2c1CCN2CC1CC1. The van der Waals surface area contributed by atoms with E-state index in [0.29, 0.717) is 0 Å². The lowest BCUT2D eigenvalue weighted by Gasteiger charge is -2.20. The van der Waals surface area contributed by atoms with Gasteiger partial charge in [0, 0.05) is 18.8 Å². The molecule has 18 heavy (non-hydrogen) atoms. The standard InChI is InChI=1S/C15H19NO2/c1-10(15(17)18)12-3-2-4-14-13(12)7-8-16(14)9-11-5-6-11/h2-4,10-11H,5-9H2,1H3,(H,17,18). The smallest absolute Gasteiger partial charge is 0.310 e. The Kier molecular flexibility index (Phi) is 2.77. The predicted octanol–water partition coefficient (Wildman–Crippen LogP) is 2.65. The molecule has 0 spiro atoms. The summed E-state index contributed by atoms with van der Waals surface area (Å²) in [5.74, 6) is -0.263. The molecule has 1 aromatic carbocycles. The maximum Gasteiger partial charge on any atom is 0.310 e. The summed E-state index contributed by atoms with van der Waals surface area (Å²) in [6.45, 7) is 3.98. The first kappa shape index (κ1) is 11.6. The van der Waals surface area contributed by atoms with E-state index in [2.05, 4.69) is 11.0 Å². The molecule has 2 aliphatic rings. The first-order valence-corrected chi connectivity index (χ1v) is 6.76. The third-order valence-electron chi connectivity index (χ3n) is 4.17. The van der Waals surface area contributed by atoms with Gasteiger partial charge in [-0.2, -0.15) is 0 Å². The Labute approximate surface area is 107 Å². The second-order valence-corrected chi connectivity index (χ2v) is 5.54. The van der Waals surface area contributed by atoms with Crippen LogP contribution in [0.2, 0.25) is 0 Å². The molecule has 1 fully saturated rings. The van der Waals surface area contributed by atoms with Crippen molar-refractivity contribution < 1.29 is 9.90 Å². The van der Waals surface area contributed by atoms with E-state index in [4.69, 9.17) is 0 Å². The highest BCUT2D eigenvalue weighted by Crippen LogP contribution is 2.38. The van der Waals surface area contributed by atoms with Gasteiger partial charge >= 0.3 is 5.97 Å². The van der Waals surface area contributed by atoms with Crippen LogP contribution in [-0.2, 0) is 11.2 Å². The number of carboxylic acids is 1. The highest BCUT2D eigenvalue weighted by Gasteiger charge is 2.30. The van der Waals surface area contributed by atoms with Crippen molar-refractivity contribution >= 4 is 11.7 Å². The fourth-order valence-electron chi connectivity index (χ4n) is 2.87. The normalized spacial score (nSPS) is 19.7. The van der Waals surface area contributed by atoms with Crippen molar-refractivity contribution in [2.24, 2.45) is 5.92 Å². The molecule has 0 aromatic heterocycles. The lowest BCUT2D eigenvalue weighted by atomic mass is 9.94. The molecule has 1 unspecified atom stereocenters. The van der Waals surface area contributed by atoms with Crippen LogP contribution in [0.4, 0.5) is 5.69 Å². The number of hydrogen-bond acceptors (Lipinski definition) is 2. The molecule has 1 saturated carbocycles. The van der Waals surface area contributed by atoms with Crippen LogP contribution in [0, 0.1) is 5.92 Å². The third kappa shape index (κ3) is 1.98. The van der Waals surface area contributed by atoms with Gasteiger partial charge in [0.1, 0.15) is 0 Å². The molecule has 3 nitrogen and oxygen atoms in total. The zero-order valence-electron chi connectivity index (χ0n) is 10.7. The maximum atomic E-state index is 11.2. The molecule has 1 aliphatic carbocycles. The predicted molar refractivity (Wildman–Crippen MR) is 71.1 cm³/mol. The van der Waals surface area contributed by atoms with Crippen LogP contribution in [-0.4, -0.2) is 24.2 Å². The summed E-state index contributed by atoms with van der Waals surface area (Å²) >= 11 is 0. The van der Waals surface area contributed by atoms with Gasteiger partial charge in [-0.05, 0) is 49.3 Å². The van der Waals surface area contributed by atoms with Gasteiger partial charge in [-0.25, -0.2) is 0 Å². The minimum absolute atomic E-state index is 0.402. The number of nitrogens with zero attached hydrogens (tertiary/aromatic N) is 1. The molecule has 3 heteroatoms. The number of rotatable bonds is 4. The minimum atomic E-state index is -0.732. The van der Waals surface area contributed by atoms with E-state index in [1.807, 2.05) is 12.1 Å². The quantitative estimate of drug-likeness (QED) is 0.886. The Morgan fingerprint density at radius 3 is 2.94 bits per heavy atom. The van der Waals surface area contributed by atoms with Crippen LogP contribution < -0.4 is 4.90 Å². The van der Waals surface area contributed by atoms with E-state index in [0.717, 1.165) is 31.0 Å². The van der Waals surface area contributed by atoms with Crippen molar-refractivity contribution in [3.05, 3.63) is 29.3 Å². The van der Waals surface area contributed by atoms with Crippen LogP contribution in [0.3, 0.4) is 0 Å². The minimum Gasteiger partial charge on any atom is -0.481 e. The van der Waals surface area contributed by atoms with E-state index >= 15 is 0 Å². The molecule has 3 rings (SSSR count). The Hall–Kier alpha value is -1.51. The largest absolute Gasteiger partial charge is 0.481 e. The summed E-state index contributed by atoms with van der Waals surface area (Å²) in [5.41, 5.74) is 3.53. The van der Waals surface area contributed by atoms with Gasteiger partial charge in [0.15, 0.2) is 0 Å². The second kappa shape index (κ2) is 4.30. The highest BCUT2D eigenvalue weighted by atomic mass is 16.4. The molecule has 1 N–H and O–H groups in total. The Morgan fingerprint density at radius 2 is 2.28 bits per heavy atom. The number of hydrogen-bond donors (Lipinski definition) is 1. The van der Waals surface area contributed by atoms with E-state index in [-0.39, 0.29) is 0 Å². The topological polar surface area (TPSA) is 40.5 Å². The average molecular weight is 245 g/mol. The molecular weight excluding hydrogens is 226 g/mol. The molecule has 1 aromatic rings. The number of carboxylic acid groups (broad SMARTS) is 1. The number of benzene rings is 1. The number of carbonyl (C=O) groups is 1. The van der Waals surface area contributed by atoms with E-state index in [1.165, 1.54) is 24.1 Å². The van der Waals surface area contributed by atoms with E-state index in [9.17, 15) is 9.90 Å². The summed E-state index contributed by atoms with van der Waals surface area (Å²) in [6.07, 6.45) is 3.71. The summed E-state index contributed by atoms with van der Waals surface area (Å²) < 4.78 is 0. The zero-order chi connectivity index (χ0) is 12.7.